The first-order valence-electron chi connectivity index (χ1n) is 9.65. The van der Waals surface area contributed by atoms with Gasteiger partial charge in [0.05, 0.1) is 13.4 Å². The lowest BCUT2D eigenvalue weighted by atomic mass is 9.96. The van der Waals surface area contributed by atoms with E-state index in [4.69, 9.17) is 13.6 Å². The van der Waals surface area contributed by atoms with Crippen LogP contribution in [-0.2, 0) is 11.3 Å². The van der Waals surface area contributed by atoms with Crippen LogP contribution in [0.3, 0.4) is 0 Å². The molecule has 4 rings (SSSR count). The Hall–Kier alpha value is -3.80. The van der Waals surface area contributed by atoms with E-state index in [1.807, 2.05) is 17.0 Å². The molecule has 4 heterocycles. The normalized spacial score (nSPS) is 14.3. The van der Waals surface area contributed by atoms with Crippen LogP contribution < -0.4 is 15.0 Å². The van der Waals surface area contributed by atoms with Crippen LogP contribution >= 0.6 is 0 Å². The standard InChI is InChI=1S/C21H21N5O4/c1-28-19-15(4-2-8-23-19)13-24-18(27)14-6-9-26(10-7-14)21-16(12-22)25-20(30-21)17-5-3-11-29-17/h2-5,8,11,14H,6-7,9-10,13H2,1H3,(H,24,27). The molecule has 1 aliphatic rings. The van der Waals surface area contributed by atoms with Crippen molar-refractivity contribution in [2.45, 2.75) is 19.4 Å². The van der Waals surface area contributed by atoms with Crippen molar-refractivity contribution >= 4 is 11.8 Å². The summed E-state index contributed by atoms with van der Waals surface area (Å²) in [7, 11) is 1.56. The van der Waals surface area contributed by atoms with Gasteiger partial charge in [0.1, 0.15) is 6.07 Å². The maximum atomic E-state index is 12.6. The molecule has 0 spiro atoms. The number of carbonyl (C=O) groups excluding carboxylic acids is 1. The van der Waals surface area contributed by atoms with Gasteiger partial charge in [-0.25, -0.2) is 4.98 Å². The third-order valence-corrected chi connectivity index (χ3v) is 5.10. The van der Waals surface area contributed by atoms with Gasteiger partial charge in [-0.05, 0) is 31.0 Å². The van der Waals surface area contributed by atoms with Crippen LogP contribution in [0, 0.1) is 17.2 Å². The molecule has 3 aromatic heterocycles. The highest BCUT2D eigenvalue weighted by molar-refractivity contribution is 5.79. The highest BCUT2D eigenvalue weighted by Crippen LogP contribution is 2.31. The summed E-state index contributed by atoms with van der Waals surface area (Å²) in [6.07, 6.45) is 4.47. The third-order valence-electron chi connectivity index (χ3n) is 5.10. The SMILES string of the molecule is COc1ncccc1CNC(=O)C1CCN(c2oc(-c3ccco3)nc2C#N)CC1. The number of furan rings is 1. The number of carbonyl (C=O) groups is 1. The topological polar surface area (TPSA) is 117 Å². The Bertz CT molecular complexity index is 1050. The van der Waals surface area contributed by atoms with Crippen molar-refractivity contribution in [3.8, 4) is 23.6 Å². The van der Waals surface area contributed by atoms with E-state index in [1.54, 1.807) is 25.4 Å². The largest absolute Gasteiger partial charge is 0.481 e. The van der Waals surface area contributed by atoms with E-state index in [0.717, 1.165) is 5.56 Å². The van der Waals surface area contributed by atoms with Crippen molar-refractivity contribution in [2.24, 2.45) is 5.92 Å². The number of anilines is 1. The number of nitriles is 1. The number of amides is 1. The maximum absolute atomic E-state index is 12.6. The van der Waals surface area contributed by atoms with Crippen molar-refractivity contribution in [3.63, 3.8) is 0 Å². The Labute approximate surface area is 173 Å². The fourth-order valence-electron chi connectivity index (χ4n) is 3.52. The fourth-order valence-corrected chi connectivity index (χ4v) is 3.52. The highest BCUT2D eigenvalue weighted by atomic mass is 16.5. The van der Waals surface area contributed by atoms with Crippen LogP contribution in [0.5, 0.6) is 5.88 Å². The van der Waals surface area contributed by atoms with Crippen molar-refractivity contribution in [2.75, 3.05) is 25.1 Å². The molecule has 0 radical (unpaired) electrons. The van der Waals surface area contributed by atoms with Crippen LogP contribution in [0.2, 0.25) is 0 Å². The van der Waals surface area contributed by atoms with Gasteiger partial charge in [-0.15, -0.1) is 0 Å². The van der Waals surface area contributed by atoms with Crippen LogP contribution in [0.25, 0.3) is 11.7 Å². The summed E-state index contributed by atoms with van der Waals surface area (Å²) < 4.78 is 16.3. The van der Waals surface area contributed by atoms with Crippen molar-refractivity contribution < 1.29 is 18.4 Å². The molecule has 1 amide bonds. The molecule has 9 heteroatoms. The number of nitrogens with zero attached hydrogens (tertiary/aromatic N) is 4. The number of aromatic nitrogens is 2. The minimum Gasteiger partial charge on any atom is -0.481 e. The molecule has 0 bridgehead atoms. The van der Waals surface area contributed by atoms with E-state index in [9.17, 15) is 10.1 Å². The number of hydrogen-bond donors (Lipinski definition) is 1. The van der Waals surface area contributed by atoms with E-state index >= 15 is 0 Å². The second kappa shape index (κ2) is 8.69. The fraction of sp³-hybridized carbons (Fsp3) is 0.333. The van der Waals surface area contributed by atoms with Gasteiger partial charge in [-0.3, -0.25) is 4.79 Å². The molecule has 0 aliphatic carbocycles. The minimum absolute atomic E-state index is 0.00472. The zero-order valence-electron chi connectivity index (χ0n) is 16.5. The number of piperidine rings is 1. The summed E-state index contributed by atoms with van der Waals surface area (Å²) in [6.45, 7) is 1.55. The van der Waals surface area contributed by atoms with Crippen LogP contribution in [0.4, 0.5) is 5.88 Å². The van der Waals surface area contributed by atoms with Gasteiger partial charge >= 0.3 is 0 Å². The molecule has 1 saturated heterocycles. The molecule has 30 heavy (non-hydrogen) atoms. The van der Waals surface area contributed by atoms with Crippen LogP contribution in [-0.4, -0.2) is 36.1 Å². The van der Waals surface area contributed by atoms with Crippen molar-refractivity contribution in [1.29, 1.82) is 5.26 Å². The molecule has 154 valence electrons. The molecule has 3 aromatic rings. The van der Waals surface area contributed by atoms with Gasteiger partial charge in [0.25, 0.3) is 5.89 Å². The lowest BCUT2D eigenvalue weighted by Crippen LogP contribution is -2.40. The lowest BCUT2D eigenvalue weighted by molar-refractivity contribution is -0.125. The van der Waals surface area contributed by atoms with E-state index in [0.29, 0.717) is 50.0 Å². The molecule has 0 unspecified atom stereocenters. The van der Waals surface area contributed by atoms with Crippen molar-refractivity contribution in [1.82, 2.24) is 15.3 Å². The summed E-state index contributed by atoms with van der Waals surface area (Å²) in [5.74, 6) is 1.56. The van der Waals surface area contributed by atoms with Gasteiger partial charge in [-0.2, -0.15) is 10.2 Å². The Balaban J connectivity index is 1.36. The average molecular weight is 407 g/mol. The molecule has 1 aliphatic heterocycles. The van der Waals surface area contributed by atoms with Gasteiger partial charge < -0.3 is 23.8 Å². The number of nitrogens with one attached hydrogen (secondary N) is 1. The number of methoxy groups -OCH3 is 1. The highest BCUT2D eigenvalue weighted by Gasteiger charge is 2.29. The predicted molar refractivity (Wildman–Crippen MR) is 106 cm³/mol. The number of pyridine rings is 1. The molecule has 0 atom stereocenters. The summed E-state index contributed by atoms with van der Waals surface area (Å²) in [6, 6.07) is 9.22. The first-order chi connectivity index (χ1) is 14.7. The molecular weight excluding hydrogens is 386 g/mol. The second-order valence-electron chi connectivity index (χ2n) is 6.91. The first-order valence-corrected chi connectivity index (χ1v) is 9.65. The molecule has 1 N–H and O–H groups in total. The zero-order chi connectivity index (χ0) is 20.9. The Kier molecular flexibility index (Phi) is 5.66. The number of oxazole rings is 1. The van der Waals surface area contributed by atoms with E-state index in [1.165, 1.54) is 6.26 Å². The van der Waals surface area contributed by atoms with Crippen LogP contribution in [0.15, 0.2) is 45.6 Å². The van der Waals surface area contributed by atoms with Gasteiger partial charge in [0.15, 0.2) is 5.76 Å². The van der Waals surface area contributed by atoms with Crippen LogP contribution in [0.1, 0.15) is 24.1 Å². The number of hydrogen-bond acceptors (Lipinski definition) is 8. The smallest absolute Gasteiger partial charge is 0.266 e. The molecule has 0 aromatic carbocycles. The van der Waals surface area contributed by atoms with Gasteiger partial charge in [0.2, 0.25) is 23.4 Å². The van der Waals surface area contributed by atoms with E-state index < -0.39 is 0 Å². The lowest BCUT2D eigenvalue weighted by Gasteiger charge is -2.31. The third kappa shape index (κ3) is 3.98. The summed E-state index contributed by atoms with van der Waals surface area (Å²) in [4.78, 5) is 22.9. The van der Waals surface area contributed by atoms with E-state index in [-0.39, 0.29) is 23.4 Å². The Morgan fingerprint density at radius 3 is 2.90 bits per heavy atom. The summed E-state index contributed by atoms with van der Waals surface area (Å²) in [5, 5.41) is 12.4. The molecule has 1 fully saturated rings. The molecule has 9 nitrogen and oxygen atoms in total. The Morgan fingerprint density at radius 1 is 1.37 bits per heavy atom. The van der Waals surface area contributed by atoms with Gasteiger partial charge in [0, 0.05) is 37.3 Å². The maximum Gasteiger partial charge on any atom is 0.266 e. The van der Waals surface area contributed by atoms with Crippen molar-refractivity contribution in [3.05, 3.63) is 48.0 Å². The predicted octanol–water partition coefficient (Wildman–Crippen LogP) is 2.74. The summed E-state index contributed by atoms with van der Waals surface area (Å²) >= 11 is 0. The van der Waals surface area contributed by atoms with E-state index in [2.05, 4.69) is 21.4 Å². The monoisotopic (exact) mass is 407 g/mol. The molecule has 0 saturated carbocycles. The first kappa shape index (κ1) is 19.5. The van der Waals surface area contributed by atoms with Gasteiger partial charge in [-0.1, -0.05) is 6.07 Å². The molecular formula is C21H21N5O4. The quantitative estimate of drug-likeness (QED) is 0.663. The summed E-state index contributed by atoms with van der Waals surface area (Å²) in [5.41, 5.74) is 1.05. The average Bonchev–Trinajstić information content (AvgIpc) is 3.47. The number of ether oxygens (including phenoxy) is 1. The Morgan fingerprint density at radius 2 is 2.20 bits per heavy atom. The second-order valence-corrected chi connectivity index (χ2v) is 6.91. The minimum atomic E-state index is -0.109. The number of rotatable bonds is 6. The zero-order valence-corrected chi connectivity index (χ0v) is 16.5.